The van der Waals surface area contributed by atoms with Crippen molar-refractivity contribution >= 4 is 5.78 Å². The number of methoxy groups -OCH3 is 1. The molecule has 4 rings (SSSR count). The largest absolute Gasteiger partial charge is 0.508 e. The number of rotatable bonds is 5. The number of benzene rings is 2. The zero-order valence-corrected chi connectivity index (χ0v) is 17.5. The van der Waals surface area contributed by atoms with Crippen molar-refractivity contribution in [2.24, 2.45) is 0 Å². The number of aliphatic hydroxyl groups excluding tert-OH is 4. The molecular weight excluding hydrogens is 440 g/mol. The molecule has 1 fully saturated rings. The third kappa shape index (κ3) is 4.28. The van der Waals surface area contributed by atoms with Crippen LogP contribution in [-0.4, -0.2) is 80.8 Å². The van der Waals surface area contributed by atoms with Gasteiger partial charge in [0.1, 0.15) is 53.3 Å². The summed E-state index contributed by atoms with van der Waals surface area (Å²) in [6, 6.07) is 6.93. The fraction of sp³-hybridized carbons (Fsp3) is 0.409. The second-order valence-electron chi connectivity index (χ2n) is 7.80. The minimum atomic E-state index is -1.70. The van der Waals surface area contributed by atoms with E-state index >= 15 is 0 Å². The van der Waals surface area contributed by atoms with Gasteiger partial charge in [-0.2, -0.15) is 0 Å². The van der Waals surface area contributed by atoms with Gasteiger partial charge in [-0.1, -0.05) is 6.07 Å². The number of hydrogen-bond acceptors (Lipinski definition) is 11. The Bertz CT molecular complexity index is 1040. The lowest BCUT2D eigenvalue weighted by atomic mass is 9.95. The lowest BCUT2D eigenvalue weighted by Gasteiger charge is -2.40. The highest BCUT2D eigenvalue weighted by Crippen LogP contribution is 2.44. The fourth-order valence-electron chi connectivity index (χ4n) is 3.89. The lowest BCUT2D eigenvalue weighted by Crippen LogP contribution is -2.60. The molecule has 0 unspecified atom stereocenters. The van der Waals surface area contributed by atoms with Crippen molar-refractivity contribution in [1.82, 2.24) is 0 Å². The van der Waals surface area contributed by atoms with Crippen LogP contribution in [0.25, 0.3) is 0 Å². The number of carbonyl (C=O) groups is 1. The van der Waals surface area contributed by atoms with Gasteiger partial charge in [-0.3, -0.25) is 4.79 Å². The summed E-state index contributed by atoms with van der Waals surface area (Å²) in [7, 11) is 1.41. The van der Waals surface area contributed by atoms with Crippen LogP contribution < -0.4 is 14.2 Å². The number of aromatic hydroxyl groups is 2. The van der Waals surface area contributed by atoms with Gasteiger partial charge in [-0.25, -0.2) is 0 Å². The van der Waals surface area contributed by atoms with E-state index in [1.807, 2.05) is 0 Å². The summed E-state index contributed by atoms with van der Waals surface area (Å²) in [6.07, 6.45) is -8.58. The minimum absolute atomic E-state index is 0.00569. The van der Waals surface area contributed by atoms with Crippen molar-refractivity contribution in [3.63, 3.8) is 0 Å². The average molecular weight is 464 g/mol. The molecule has 2 aliphatic heterocycles. The van der Waals surface area contributed by atoms with E-state index in [1.165, 1.54) is 25.3 Å². The highest BCUT2D eigenvalue weighted by molar-refractivity contribution is 6.02. The molecule has 0 saturated carbocycles. The van der Waals surface area contributed by atoms with E-state index in [0.29, 0.717) is 5.56 Å². The quantitative estimate of drug-likeness (QED) is 0.351. The Labute approximate surface area is 188 Å². The van der Waals surface area contributed by atoms with Crippen molar-refractivity contribution in [1.29, 1.82) is 0 Å². The molecule has 33 heavy (non-hydrogen) atoms. The third-order valence-corrected chi connectivity index (χ3v) is 5.64. The van der Waals surface area contributed by atoms with E-state index in [4.69, 9.17) is 18.9 Å². The van der Waals surface area contributed by atoms with Crippen molar-refractivity contribution in [3.05, 3.63) is 41.5 Å². The van der Waals surface area contributed by atoms with Gasteiger partial charge in [-0.05, 0) is 17.7 Å². The Morgan fingerprint density at radius 1 is 1.03 bits per heavy atom. The molecule has 0 aliphatic carbocycles. The summed E-state index contributed by atoms with van der Waals surface area (Å²) < 4.78 is 21.8. The van der Waals surface area contributed by atoms with E-state index in [2.05, 4.69) is 0 Å². The van der Waals surface area contributed by atoms with Crippen LogP contribution in [-0.2, 0) is 4.74 Å². The van der Waals surface area contributed by atoms with E-state index in [-0.39, 0.29) is 40.7 Å². The van der Waals surface area contributed by atoms with Gasteiger partial charge in [0.2, 0.25) is 6.29 Å². The highest BCUT2D eigenvalue weighted by atomic mass is 16.7. The SMILES string of the molecule is COc1ccc([C@@H]2CC(=O)c3c(O[C@@H]4O[C@H](CO)[C@H](O)[C@H](O)[C@H]4O)cc(O)cc3O2)cc1O. The molecule has 0 radical (unpaired) electrons. The molecule has 0 amide bonds. The normalized spacial score (nSPS) is 29.2. The first-order chi connectivity index (χ1) is 15.7. The second kappa shape index (κ2) is 9.04. The number of fused-ring (bicyclic) bond motifs is 1. The highest BCUT2D eigenvalue weighted by Gasteiger charge is 2.45. The minimum Gasteiger partial charge on any atom is -0.508 e. The molecule has 2 aromatic rings. The summed E-state index contributed by atoms with van der Waals surface area (Å²) in [5.74, 6) is -0.745. The van der Waals surface area contributed by atoms with E-state index in [0.717, 1.165) is 6.07 Å². The summed E-state index contributed by atoms with van der Waals surface area (Å²) in [5, 5.41) is 59.7. The van der Waals surface area contributed by atoms with Gasteiger partial charge < -0.3 is 49.6 Å². The Morgan fingerprint density at radius 2 is 1.79 bits per heavy atom. The van der Waals surface area contributed by atoms with Crippen molar-refractivity contribution in [3.8, 4) is 28.7 Å². The van der Waals surface area contributed by atoms with E-state index in [9.17, 15) is 35.4 Å². The first kappa shape index (κ1) is 23.1. The van der Waals surface area contributed by atoms with Gasteiger partial charge in [0, 0.05) is 12.1 Å². The Hall–Kier alpha value is -3.09. The molecule has 178 valence electrons. The van der Waals surface area contributed by atoms with Gasteiger partial charge in [0.15, 0.2) is 17.3 Å². The molecule has 11 nitrogen and oxygen atoms in total. The maximum Gasteiger partial charge on any atom is 0.229 e. The van der Waals surface area contributed by atoms with E-state index < -0.39 is 49.2 Å². The topological polar surface area (TPSA) is 175 Å². The van der Waals surface area contributed by atoms with Crippen molar-refractivity contribution in [2.75, 3.05) is 13.7 Å². The van der Waals surface area contributed by atoms with Crippen molar-refractivity contribution in [2.45, 2.75) is 43.2 Å². The molecule has 2 aliphatic rings. The summed E-state index contributed by atoms with van der Waals surface area (Å²) >= 11 is 0. The van der Waals surface area contributed by atoms with Crippen LogP contribution in [0.1, 0.15) is 28.4 Å². The van der Waals surface area contributed by atoms with Gasteiger partial charge in [0.05, 0.1) is 20.1 Å². The summed E-state index contributed by atoms with van der Waals surface area (Å²) in [4.78, 5) is 13.0. The number of ketones is 1. The number of carbonyl (C=O) groups excluding carboxylic acids is 1. The molecule has 0 spiro atoms. The molecule has 0 aromatic heterocycles. The number of hydrogen-bond donors (Lipinski definition) is 6. The Balaban J connectivity index is 1.63. The van der Waals surface area contributed by atoms with Crippen molar-refractivity contribution < 1.29 is 54.4 Å². The van der Waals surface area contributed by atoms with Crippen LogP contribution in [0.4, 0.5) is 0 Å². The number of phenols is 2. The molecule has 11 heteroatoms. The lowest BCUT2D eigenvalue weighted by molar-refractivity contribution is -0.277. The first-order valence-corrected chi connectivity index (χ1v) is 10.1. The van der Waals surface area contributed by atoms with Crippen LogP contribution >= 0.6 is 0 Å². The maximum absolute atomic E-state index is 13.0. The maximum atomic E-state index is 13.0. The average Bonchev–Trinajstić information content (AvgIpc) is 2.78. The number of aliphatic hydroxyl groups is 4. The first-order valence-electron chi connectivity index (χ1n) is 10.1. The molecule has 2 aromatic carbocycles. The molecule has 6 N–H and O–H groups in total. The number of Topliss-reactive ketones (excluding diaryl/α,β-unsaturated/α-hetero) is 1. The molecule has 6 atom stereocenters. The van der Waals surface area contributed by atoms with Crippen LogP contribution in [0, 0.1) is 0 Å². The molecular formula is C22H24O11. The second-order valence-corrected chi connectivity index (χ2v) is 7.80. The third-order valence-electron chi connectivity index (χ3n) is 5.64. The zero-order chi connectivity index (χ0) is 23.9. The van der Waals surface area contributed by atoms with Gasteiger partial charge in [0.25, 0.3) is 0 Å². The van der Waals surface area contributed by atoms with Crippen LogP contribution in [0.15, 0.2) is 30.3 Å². The Kier molecular flexibility index (Phi) is 6.32. The van der Waals surface area contributed by atoms with Gasteiger partial charge in [-0.15, -0.1) is 0 Å². The van der Waals surface area contributed by atoms with E-state index in [1.54, 1.807) is 6.07 Å². The molecule has 2 heterocycles. The number of phenolic OH excluding ortho intramolecular Hbond substituents is 2. The summed E-state index contributed by atoms with van der Waals surface area (Å²) in [5.41, 5.74) is 0.491. The summed E-state index contributed by atoms with van der Waals surface area (Å²) in [6.45, 7) is -0.651. The van der Waals surface area contributed by atoms with Crippen LogP contribution in [0.5, 0.6) is 28.7 Å². The standard InChI is InChI=1S/C22H24O11/c1-30-13-3-2-9(4-11(13)25)14-7-12(26)18-15(31-14)5-10(24)6-16(18)32-22-21(29)20(28)19(27)17(8-23)33-22/h2-6,14,17,19-25,27-29H,7-8H2,1H3/t14-,17+,19-,20-,21+,22+/m0/s1. The zero-order valence-electron chi connectivity index (χ0n) is 17.5. The monoisotopic (exact) mass is 464 g/mol. The van der Waals surface area contributed by atoms with Crippen LogP contribution in [0.2, 0.25) is 0 Å². The molecule has 0 bridgehead atoms. The predicted molar refractivity (Wildman–Crippen MR) is 109 cm³/mol. The smallest absolute Gasteiger partial charge is 0.229 e. The number of ether oxygens (including phenoxy) is 4. The molecule has 1 saturated heterocycles. The predicted octanol–water partition coefficient (Wildman–Crippen LogP) is -0.00840. The Morgan fingerprint density at radius 3 is 2.45 bits per heavy atom. The fourth-order valence-corrected chi connectivity index (χ4v) is 3.89. The van der Waals surface area contributed by atoms with Gasteiger partial charge >= 0.3 is 0 Å². The van der Waals surface area contributed by atoms with Crippen LogP contribution in [0.3, 0.4) is 0 Å².